The molecule has 88 valence electrons. The quantitative estimate of drug-likeness (QED) is 0.640. The zero-order valence-electron chi connectivity index (χ0n) is 10.1. The number of hydrogen-bond donors (Lipinski definition) is 3. The summed E-state index contributed by atoms with van der Waals surface area (Å²) < 4.78 is 0. The molecule has 16 heavy (non-hydrogen) atoms. The molecule has 0 saturated heterocycles. The number of aromatic hydroxyl groups is 1. The number of amides is 2. The number of hydrogen-bond acceptors (Lipinski definition) is 2. The molecule has 0 fully saturated rings. The lowest BCUT2D eigenvalue weighted by Gasteiger charge is -2.21. The third kappa shape index (κ3) is 3.81. The maximum absolute atomic E-state index is 11.6. The summed E-state index contributed by atoms with van der Waals surface area (Å²) in [5, 5.41) is 14.8. The number of carbonyl (C=O) groups excluding carboxylic acids is 1. The van der Waals surface area contributed by atoms with Crippen LogP contribution >= 0.6 is 0 Å². The van der Waals surface area contributed by atoms with Crippen molar-refractivity contribution >= 4 is 11.7 Å². The van der Waals surface area contributed by atoms with Crippen LogP contribution in [-0.4, -0.2) is 16.7 Å². The first-order valence-electron chi connectivity index (χ1n) is 5.17. The number of aryl methyl sites for hydroxylation is 1. The molecule has 4 heteroatoms. The van der Waals surface area contributed by atoms with Crippen LogP contribution in [-0.2, 0) is 0 Å². The normalized spacial score (nSPS) is 11.0. The molecule has 0 bridgehead atoms. The lowest BCUT2D eigenvalue weighted by Crippen LogP contribution is -2.43. The van der Waals surface area contributed by atoms with Gasteiger partial charge in [0.25, 0.3) is 0 Å². The molecule has 0 aliphatic rings. The molecule has 4 nitrogen and oxygen atoms in total. The predicted octanol–water partition coefficient (Wildman–Crippen LogP) is 2.62. The zero-order valence-corrected chi connectivity index (χ0v) is 10.1. The van der Waals surface area contributed by atoms with E-state index in [-0.39, 0.29) is 17.3 Å². The Morgan fingerprint density at radius 1 is 1.31 bits per heavy atom. The van der Waals surface area contributed by atoms with Gasteiger partial charge in [-0.2, -0.15) is 0 Å². The molecule has 0 unspecified atom stereocenters. The Kier molecular flexibility index (Phi) is 3.42. The lowest BCUT2D eigenvalue weighted by molar-refractivity contribution is 0.244. The predicted molar refractivity (Wildman–Crippen MR) is 64.8 cm³/mol. The Morgan fingerprint density at radius 2 is 1.94 bits per heavy atom. The van der Waals surface area contributed by atoms with Gasteiger partial charge in [0.15, 0.2) is 0 Å². The third-order valence-corrected chi connectivity index (χ3v) is 1.95. The Balaban J connectivity index is 2.70. The fraction of sp³-hybridized carbons (Fsp3) is 0.417. The molecule has 0 saturated carbocycles. The van der Waals surface area contributed by atoms with Crippen LogP contribution in [0.3, 0.4) is 0 Å². The molecule has 0 spiro atoms. The number of phenols is 1. The van der Waals surface area contributed by atoms with Crippen LogP contribution in [0.1, 0.15) is 26.3 Å². The highest BCUT2D eigenvalue weighted by atomic mass is 16.3. The van der Waals surface area contributed by atoms with E-state index in [1.165, 1.54) is 0 Å². The van der Waals surface area contributed by atoms with Crippen molar-refractivity contribution in [3.05, 3.63) is 23.8 Å². The largest absolute Gasteiger partial charge is 0.508 e. The SMILES string of the molecule is Cc1cc(O)ccc1NC(=O)NC(C)(C)C. The van der Waals surface area contributed by atoms with Crippen LogP contribution < -0.4 is 10.6 Å². The van der Waals surface area contributed by atoms with Crippen molar-refractivity contribution in [2.75, 3.05) is 5.32 Å². The monoisotopic (exact) mass is 222 g/mol. The van der Waals surface area contributed by atoms with E-state index in [1.807, 2.05) is 27.7 Å². The molecule has 0 atom stereocenters. The van der Waals surface area contributed by atoms with Crippen molar-refractivity contribution in [3.63, 3.8) is 0 Å². The molecule has 1 aromatic rings. The minimum absolute atomic E-state index is 0.194. The van der Waals surface area contributed by atoms with Crippen LogP contribution in [0.25, 0.3) is 0 Å². The second-order valence-corrected chi connectivity index (χ2v) is 4.83. The van der Waals surface area contributed by atoms with Gasteiger partial charge in [0, 0.05) is 11.2 Å². The summed E-state index contributed by atoms with van der Waals surface area (Å²) in [5.41, 5.74) is 1.25. The van der Waals surface area contributed by atoms with Crippen molar-refractivity contribution < 1.29 is 9.90 Å². The van der Waals surface area contributed by atoms with Gasteiger partial charge < -0.3 is 15.7 Å². The second-order valence-electron chi connectivity index (χ2n) is 4.83. The summed E-state index contributed by atoms with van der Waals surface area (Å²) in [6.07, 6.45) is 0. The molecule has 3 N–H and O–H groups in total. The number of phenolic OH excluding ortho intramolecular Hbond substituents is 1. The standard InChI is InChI=1S/C12H18N2O2/c1-8-7-9(15)5-6-10(8)13-11(16)14-12(2,3)4/h5-7,15H,1-4H3,(H2,13,14,16). The Labute approximate surface area is 95.7 Å². The number of rotatable bonds is 1. The van der Waals surface area contributed by atoms with Gasteiger partial charge in [-0.05, 0) is 51.5 Å². The van der Waals surface area contributed by atoms with Crippen molar-refractivity contribution in [3.8, 4) is 5.75 Å². The summed E-state index contributed by atoms with van der Waals surface area (Å²) in [4.78, 5) is 11.6. The highest BCUT2D eigenvalue weighted by molar-refractivity contribution is 5.90. The van der Waals surface area contributed by atoms with Crippen molar-refractivity contribution in [2.45, 2.75) is 33.2 Å². The first-order chi connectivity index (χ1) is 7.28. The number of nitrogens with one attached hydrogen (secondary N) is 2. The maximum atomic E-state index is 11.6. The van der Waals surface area contributed by atoms with E-state index in [9.17, 15) is 9.90 Å². The highest BCUT2D eigenvalue weighted by Gasteiger charge is 2.14. The van der Waals surface area contributed by atoms with E-state index in [4.69, 9.17) is 0 Å². The van der Waals surface area contributed by atoms with Gasteiger partial charge in [-0.1, -0.05) is 0 Å². The summed E-state index contributed by atoms with van der Waals surface area (Å²) in [6, 6.07) is 4.57. The number of benzene rings is 1. The first kappa shape index (κ1) is 12.4. The molecule has 0 aromatic heterocycles. The molecule has 0 radical (unpaired) electrons. The molecular weight excluding hydrogens is 204 g/mol. The van der Waals surface area contributed by atoms with Crippen LogP contribution in [0.2, 0.25) is 0 Å². The van der Waals surface area contributed by atoms with Crippen molar-refractivity contribution in [1.82, 2.24) is 5.32 Å². The number of carbonyl (C=O) groups is 1. The van der Waals surface area contributed by atoms with Gasteiger partial charge in [-0.3, -0.25) is 0 Å². The fourth-order valence-electron chi connectivity index (χ4n) is 1.28. The summed E-state index contributed by atoms with van der Waals surface area (Å²) >= 11 is 0. The molecule has 2 amide bonds. The molecule has 0 aliphatic carbocycles. The first-order valence-corrected chi connectivity index (χ1v) is 5.17. The molecule has 0 heterocycles. The summed E-state index contributed by atoms with van der Waals surface area (Å²) in [5.74, 6) is 0.194. The molecule has 1 rings (SSSR count). The summed E-state index contributed by atoms with van der Waals surface area (Å²) in [7, 11) is 0. The van der Waals surface area contributed by atoms with E-state index in [2.05, 4.69) is 10.6 Å². The third-order valence-electron chi connectivity index (χ3n) is 1.95. The molecule has 1 aromatic carbocycles. The van der Waals surface area contributed by atoms with E-state index in [0.717, 1.165) is 5.56 Å². The zero-order chi connectivity index (χ0) is 12.3. The van der Waals surface area contributed by atoms with Crippen molar-refractivity contribution in [2.24, 2.45) is 0 Å². The Bertz CT molecular complexity index is 394. The average molecular weight is 222 g/mol. The lowest BCUT2D eigenvalue weighted by atomic mass is 10.1. The van der Waals surface area contributed by atoms with E-state index in [1.54, 1.807) is 18.2 Å². The van der Waals surface area contributed by atoms with Crippen LogP contribution in [0.5, 0.6) is 5.75 Å². The van der Waals surface area contributed by atoms with Gasteiger partial charge in [-0.15, -0.1) is 0 Å². The maximum Gasteiger partial charge on any atom is 0.319 e. The van der Waals surface area contributed by atoms with Gasteiger partial charge in [0.2, 0.25) is 0 Å². The van der Waals surface area contributed by atoms with Gasteiger partial charge >= 0.3 is 6.03 Å². The van der Waals surface area contributed by atoms with Crippen LogP contribution in [0.4, 0.5) is 10.5 Å². The van der Waals surface area contributed by atoms with E-state index < -0.39 is 0 Å². The topological polar surface area (TPSA) is 61.4 Å². The summed E-state index contributed by atoms with van der Waals surface area (Å²) in [6.45, 7) is 7.56. The van der Waals surface area contributed by atoms with Gasteiger partial charge in [0.05, 0.1) is 0 Å². The Morgan fingerprint density at radius 3 is 2.44 bits per heavy atom. The highest BCUT2D eigenvalue weighted by Crippen LogP contribution is 2.20. The second kappa shape index (κ2) is 4.43. The number of anilines is 1. The molecule has 0 aliphatic heterocycles. The van der Waals surface area contributed by atoms with Crippen molar-refractivity contribution in [1.29, 1.82) is 0 Å². The van der Waals surface area contributed by atoms with Crippen LogP contribution in [0.15, 0.2) is 18.2 Å². The Hall–Kier alpha value is -1.71. The molecular formula is C12H18N2O2. The van der Waals surface area contributed by atoms with Crippen LogP contribution in [0, 0.1) is 6.92 Å². The van der Waals surface area contributed by atoms with E-state index >= 15 is 0 Å². The smallest absolute Gasteiger partial charge is 0.319 e. The van der Waals surface area contributed by atoms with Gasteiger partial charge in [0.1, 0.15) is 5.75 Å². The average Bonchev–Trinajstić information content (AvgIpc) is 2.06. The number of urea groups is 1. The van der Waals surface area contributed by atoms with E-state index in [0.29, 0.717) is 5.69 Å². The minimum Gasteiger partial charge on any atom is -0.508 e. The van der Waals surface area contributed by atoms with Gasteiger partial charge in [-0.25, -0.2) is 4.79 Å². The fourth-order valence-corrected chi connectivity index (χ4v) is 1.28. The minimum atomic E-state index is -0.269.